The molecule has 0 spiro atoms. The van der Waals surface area contributed by atoms with E-state index >= 15 is 0 Å². The maximum absolute atomic E-state index is 13.7. The van der Waals surface area contributed by atoms with E-state index in [1.807, 2.05) is 0 Å². The van der Waals surface area contributed by atoms with Crippen molar-refractivity contribution >= 4 is 21.6 Å². The third-order valence-corrected chi connectivity index (χ3v) is 4.78. The summed E-state index contributed by atoms with van der Waals surface area (Å²) in [4.78, 5) is 3.51. The fraction of sp³-hybridized carbons (Fsp3) is 0.154. The van der Waals surface area contributed by atoms with Crippen LogP contribution < -0.4 is 0 Å². The van der Waals surface area contributed by atoms with E-state index in [4.69, 9.17) is 11.6 Å². The van der Waals surface area contributed by atoms with Crippen LogP contribution in [0.3, 0.4) is 0 Å². The summed E-state index contributed by atoms with van der Waals surface area (Å²) >= 11 is 5.62. The van der Waals surface area contributed by atoms with Crippen molar-refractivity contribution < 1.29 is 12.8 Å². The SMILES string of the molecule is CN(Cc1cccnc1)S(=O)(=O)c1ccc(Cl)cc1F. The molecule has 0 amide bonds. The van der Waals surface area contributed by atoms with Crippen LogP contribution in [0.5, 0.6) is 0 Å². The van der Waals surface area contributed by atoms with Crippen molar-refractivity contribution in [2.45, 2.75) is 11.4 Å². The average molecular weight is 315 g/mol. The number of nitrogens with zero attached hydrogens (tertiary/aromatic N) is 2. The fourth-order valence-corrected chi connectivity index (χ4v) is 3.05. The Morgan fingerprint density at radius 2 is 2.10 bits per heavy atom. The predicted molar refractivity (Wildman–Crippen MR) is 74.3 cm³/mol. The Morgan fingerprint density at radius 3 is 2.70 bits per heavy atom. The van der Waals surface area contributed by atoms with Crippen molar-refractivity contribution in [3.63, 3.8) is 0 Å². The highest BCUT2D eigenvalue weighted by Crippen LogP contribution is 2.22. The number of aromatic nitrogens is 1. The zero-order chi connectivity index (χ0) is 14.8. The lowest BCUT2D eigenvalue weighted by Crippen LogP contribution is -2.27. The van der Waals surface area contributed by atoms with Crippen molar-refractivity contribution in [3.8, 4) is 0 Å². The summed E-state index contributed by atoms with van der Waals surface area (Å²) in [6.45, 7) is 0.109. The third kappa shape index (κ3) is 3.15. The number of hydrogen-bond donors (Lipinski definition) is 0. The van der Waals surface area contributed by atoms with Crippen LogP contribution in [0.1, 0.15) is 5.56 Å². The Hall–Kier alpha value is -1.50. The molecule has 0 atom stereocenters. The van der Waals surface area contributed by atoms with Gasteiger partial charge in [0.2, 0.25) is 10.0 Å². The second-order valence-corrected chi connectivity index (χ2v) is 6.65. The summed E-state index contributed by atoms with van der Waals surface area (Å²) in [5.41, 5.74) is 0.716. The maximum atomic E-state index is 13.7. The Morgan fingerprint density at radius 1 is 1.35 bits per heavy atom. The molecule has 4 nitrogen and oxygen atoms in total. The highest BCUT2D eigenvalue weighted by atomic mass is 35.5. The molecule has 1 aromatic heterocycles. The summed E-state index contributed by atoms with van der Waals surface area (Å²) in [7, 11) is -2.53. The molecular formula is C13H12ClFN2O2S. The fourth-order valence-electron chi connectivity index (χ4n) is 1.69. The molecule has 0 saturated heterocycles. The van der Waals surface area contributed by atoms with Crippen molar-refractivity contribution in [2.24, 2.45) is 0 Å². The molecule has 0 bridgehead atoms. The zero-order valence-electron chi connectivity index (χ0n) is 10.6. The van der Waals surface area contributed by atoms with Gasteiger partial charge in [-0.3, -0.25) is 4.98 Å². The van der Waals surface area contributed by atoms with E-state index in [0.29, 0.717) is 5.56 Å². The van der Waals surface area contributed by atoms with Crippen LogP contribution in [0.25, 0.3) is 0 Å². The van der Waals surface area contributed by atoms with Gasteiger partial charge in [-0.2, -0.15) is 4.31 Å². The van der Waals surface area contributed by atoms with Gasteiger partial charge >= 0.3 is 0 Å². The molecule has 0 saturated carbocycles. The molecule has 2 rings (SSSR count). The Kier molecular flexibility index (Phi) is 4.37. The van der Waals surface area contributed by atoms with Crippen molar-refractivity contribution in [1.82, 2.24) is 9.29 Å². The summed E-state index contributed by atoms with van der Waals surface area (Å²) in [6.07, 6.45) is 3.15. The molecule has 0 fully saturated rings. The number of benzene rings is 1. The lowest BCUT2D eigenvalue weighted by atomic mass is 10.3. The molecule has 0 aliphatic heterocycles. The molecule has 20 heavy (non-hydrogen) atoms. The molecule has 0 N–H and O–H groups in total. The van der Waals surface area contributed by atoms with Crippen molar-refractivity contribution in [1.29, 1.82) is 0 Å². The van der Waals surface area contributed by atoms with E-state index in [2.05, 4.69) is 4.98 Å². The molecular weight excluding hydrogens is 303 g/mol. The number of rotatable bonds is 4. The van der Waals surface area contributed by atoms with Gasteiger partial charge in [0.05, 0.1) is 0 Å². The van der Waals surface area contributed by atoms with Gasteiger partial charge in [0, 0.05) is 31.0 Å². The number of sulfonamides is 1. The van der Waals surface area contributed by atoms with Gasteiger partial charge in [-0.1, -0.05) is 17.7 Å². The van der Waals surface area contributed by atoms with E-state index in [9.17, 15) is 12.8 Å². The van der Waals surface area contributed by atoms with Gasteiger partial charge in [-0.25, -0.2) is 12.8 Å². The third-order valence-electron chi connectivity index (χ3n) is 2.71. The smallest absolute Gasteiger partial charge is 0.246 e. The van der Waals surface area contributed by atoms with Crippen LogP contribution in [-0.4, -0.2) is 24.8 Å². The molecule has 1 aromatic carbocycles. The molecule has 0 radical (unpaired) electrons. The van der Waals surface area contributed by atoms with Crippen LogP contribution in [0, 0.1) is 5.82 Å². The van der Waals surface area contributed by atoms with Gasteiger partial charge < -0.3 is 0 Å². The monoisotopic (exact) mass is 314 g/mol. The second kappa shape index (κ2) is 5.87. The lowest BCUT2D eigenvalue weighted by Gasteiger charge is -2.17. The molecule has 2 aromatic rings. The molecule has 0 aliphatic rings. The normalized spacial score (nSPS) is 11.8. The summed E-state index contributed by atoms with van der Waals surface area (Å²) < 4.78 is 39.4. The standard InChI is InChI=1S/C13H12ClFN2O2S/c1-17(9-10-3-2-6-16-8-10)20(18,19)13-5-4-11(14)7-12(13)15/h2-8H,9H2,1H3. The molecule has 0 unspecified atom stereocenters. The zero-order valence-corrected chi connectivity index (χ0v) is 12.2. The van der Waals surface area contributed by atoms with E-state index in [0.717, 1.165) is 16.4 Å². The first-order valence-corrected chi connectivity index (χ1v) is 7.53. The highest BCUT2D eigenvalue weighted by Gasteiger charge is 2.24. The average Bonchev–Trinajstić information content (AvgIpc) is 2.39. The van der Waals surface area contributed by atoms with Crippen LogP contribution >= 0.6 is 11.6 Å². The first-order valence-electron chi connectivity index (χ1n) is 5.71. The Labute approximate surface area is 121 Å². The molecule has 106 valence electrons. The lowest BCUT2D eigenvalue weighted by molar-refractivity contribution is 0.459. The quantitative estimate of drug-likeness (QED) is 0.872. The van der Waals surface area contributed by atoms with E-state index in [-0.39, 0.29) is 11.6 Å². The van der Waals surface area contributed by atoms with Crippen LogP contribution in [-0.2, 0) is 16.6 Å². The predicted octanol–water partition coefficient (Wildman–Crippen LogP) is 2.69. The highest BCUT2D eigenvalue weighted by molar-refractivity contribution is 7.89. The van der Waals surface area contributed by atoms with Gasteiger partial charge in [-0.15, -0.1) is 0 Å². The number of pyridine rings is 1. The van der Waals surface area contributed by atoms with E-state index < -0.39 is 20.7 Å². The van der Waals surface area contributed by atoms with Gasteiger partial charge in [0.25, 0.3) is 0 Å². The molecule has 7 heteroatoms. The minimum atomic E-state index is -3.91. The summed E-state index contributed by atoms with van der Waals surface area (Å²) in [5.74, 6) is -0.865. The second-order valence-electron chi connectivity index (χ2n) is 4.20. The van der Waals surface area contributed by atoms with E-state index in [1.165, 1.54) is 13.1 Å². The number of halogens is 2. The first kappa shape index (κ1) is 14.9. The molecule has 0 aliphatic carbocycles. The van der Waals surface area contributed by atoms with Gasteiger partial charge in [0.1, 0.15) is 10.7 Å². The van der Waals surface area contributed by atoms with Gasteiger partial charge in [-0.05, 0) is 29.8 Å². The Balaban J connectivity index is 2.30. The summed E-state index contributed by atoms with van der Waals surface area (Å²) in [6, 6.07) is 6.93. The van der Waals surface area contributed by atoms with Gasteiger partial charge in [0.15, 0.2) is 0 Å². The minimum absolute atomic E-state index is 0.109. The van der Waals surface area contributed by atoms with E-state index in [1.54, 1.807) is 24.5 Å². The number of hydrogen-bond acceptors (Lipinski definition) is 3. The largest absolute Gasteiger partial charge is 0.264 e. The summed E-state index contributed by atoms with van der Waals surface area (Å²) in [5, 5.41) is 0.149. The maximum Gasteiger partial charge on any atom is 0.246 e. The van der Waals surface area contributed by atoms with Crippen molar-refractivity contribution in [3.05, 3.63) is 59.1 Å². The van der Waals surface area contributed by atoms with Crippen LogP contribution in [0.15, 0.2) is 47.6 Å². The van der Waals surface area contributed by atoms with Crippen LogP contribution in [0.2, 0.25) is 5.02 Å². The topological polar surface area (TPSA) is 50.3 Å². The van der Waals surface area contributed by atoms with Crippen LogP contribution in [0.4, 0.5) is 4.39 Å². The minimum Gasteiger partial charge on any atom is -0.264 e. The molecule has 1 heterocycles. The van der Waals surface area contributed by atoms with Crippen molar-refractivity contribution in [2.75, 3.05) is 7.05 Å². The Bertz CT molecular complexity index is 708. The first-order chi connectivity index (χ1) is 9.41.